The molecule has 1 aromatic rings. The first kappa shape index (κ1) is 16.5. The Morgan fingerprint density at radius 3 is 2.67 bits per heavy atom. The zero-order chi connectivity index (χ0) is 15.6. The molecule has 1 amide bonds. The number of hydrogen-bond donors (Lipinski definition) is 0. The Morgan fingerprint density at radius 1 is 1.43 bits per heavy atom. The first-order valence-corrected chi connectivity index (χ1v) is 9.66. The predicted octanol–water partition coefficient (Wildman–Crippen LogP) is 1.13. The van der Waals surface area contributed by atoms with Crippen molar-refractivity contribution in [2.75, 3.05) is 32.1 Å². The van der Waals surface area contributed by atoms with Crippen LogP contribution in [-0.4, -0.2) is 62.3 Å². The van der Waals surface area contributed by atoms with E-state index in [1.807, 2.05) is 30.3 Å². The summed E-state index contributed by atoms with van der Waals surface area (Å²) in [6.45, 7) is 2.92. The van der Waals surface area contributed by atoms with Crippen LogP contribution in [0.2, 0.25) is 0 Å². The molecule has 7 heteroatoms. The Balaban J connectivity index is 1.87. The van der Waals surface area contributed by atoms with E-state index in [9.17, 15) is 13.2 Å². The van der Waals surface area contributed by atoms with Gasteiger partial charge in [-0.05, 0) is 37.4 Å². The number of hydrogen-bond acceptors (Lipinski definition) is 5. The molecule has 1 aromatic heterocycles. The lowest BCUT2D eigenvalue weighted by molar-refractivity contribution is -0.131. The van der Waals surface area contributed by atoms with Crippen molar-refractivity contribution in [1.29, 1.82) is 0 Å². The van der Waals surface area contributed by atoms with E-state index in [2.05, 4.69) is 0 Å². The summed E-state index contributed by atoms with van der Waals surface area (Å²) in [5.74, 6) is 0.430. The second-order valence-corrected chi connectivity index (χ2v) is 8.98. The highest BCUT2D eigenvalue weighted by Gasteiger charge is 2.31. The van der Waals surface area contributed by atoms with E-state index in [1.165, 1.54) is 10.4 Å². The number of likely N-dealkylation sites (N-methyl/N-ethyl adjacent to an activating group) is 2. The Kier molecular flexibility index (Phi) is 5.06. The molecule has 0 aromatic carbocycles. The van der Waals surface area contributed by atoms with E-state index >= 15 is 0 Å². The van der Waals surface area contributed by atoms with Crippen molar-refractivity contribution in [3.8, 4) is 0 Å². The van der Waals surface area contributed by atoms with Gasteiger partial charge in [0.25, 0.3) is 0 Å². The van der Waals surface area contributed by atoms with Gasteiger partial charge in [-0.1, -0.05) is 0 Å². The average molecular weight is 330 g/mol. The van der Waals surface area contributed by atoms with Crippen LogP contribution in [0.4, 0.5) is 0 Å². The van der Waals surface area contributed by atoms with Crippen LogP contribution in [0, 0.1) is 6.92 Å². The molecule has 2 rings (SSSR count). The molecule has 1 fully saturated rings. The van der Waals surface area contributed by atoms with Crippen LogP contribution >= 0.6 is 11.3 Å². The standard InChI is InChI=1S/C14H22N2O3S2/c1-11-4-6-20-13(11)8-16(3)14(17)9-15(2)12-5-7-21(18,19)10-12/h4,6,12H,5,7-10H2,1-3H3/t12-/m0/s1. The van der Waals surface area contributed by atoms with Gasteiger partial charge >= 0.3 is 0 Å². The Hall–Kier alpha value is -0.920. The largest absolute Gasteiger partial charge is 0.339 e. The predicted molar refractivity (Wildman–Crippen MR) is 85.2 cm³/mol. The first-order chi connectivity index (χ1) is 9.78. The molecule has 0 saturated carbocycles. The van der Waals surface area contributed by atoms with Gasteiger partial charge in [0.05, 0.1) is 24.6 Å². The highest BCUT2D eigenvalue weighted by Crippen LogP contribution is 2.18. The number of rotatable bonds is 5. The van der Waals surface area contributed by atoms with Gasteiger partial charge in [0, 0.05) is 18.0 Å². The summed E-state index contributed by atoms with van der Waals surface area (Å²) in [4.78, 5) is 17.0. The zero-order valence-electron chi connectivity index (χ0n) is 12.7. The van der Waals surface area contributed by atoms with Gasteiger partial charge in [-0.25, -0.2) is 8.42 Å². The average Bonchev–Trinajstić information content (AvgIpc) is 2.95. The second kappa shape index (κ2) is 6.46. The van der Waals surface area contributed by atoms with Crippen LogP contribution in [0.15, 0.2) is 11.4 Å². The molecule has 0 radical (unpaired) electrons. The number of nitrogens with zero attached hydrogens (tertiary/aromatic N) is 2. The van der Waals surface area contributed by atoms with Gasteiger partial charge in [0.1, 0.15) is 0 Å². The topological polar surface area (TPSA) is 57.7 Å². The smallest absolute Gasteiger partial charge is 0.236 e. The van der Waals surface area contributed by atoms with Crippen molar-refractivity contribution < 1.29 is 13.2 Å². The van der Waals surface area contributed by atoms with E-state index in [-0.39, 0.29) is 30.0 Å². The van der Waals surface area contributed by atoms with Gasteiger partial charge < -0.3 is 4.90 Å². The van der Waals surface area contributed by atoms with Crippen LogP contribution in [0.3, 0.4) is 0 Å². The molecular weight excluding hydrogens is 308 g/mol. The molecule has 0 spiro atoms. The van der Waals surface area contributed by atoms with Crippen LogP contribution < -0.4 is 0 Å². The summed E-state index contributed by atoms with van der Waals surface area (Å²) in [6, 6.07) is 2.02. The first-order valence-electron chi connectivity index (χ1n) is 6.96. The third-order valence-electron chi connectivity index (χ3n) is 3.99. The van der Waals surface area contributed by atoms with Gasteiger partial charge in [-0.3, -0.25) is 9.69 Å². The summed E-state index contributed by atoms with van der Waals surface area (Å²) in [5.41, 5.74) is 1.20. The molecular formula is C14H22N2O3S2. The van der Waals surface area contributed by atoms with E-state index in [4.69, 9.17) is 0 Å². The molecule has 0 bridgehead atoms. The molecule has 21 heavy (non-hydrogen) atoms. The fourth-order valence-electron chi connectivity index (χ4n) is 2.46. The Morgan fingerprint density at radius 2 is 2.14 bits per heavy atom. The maximum atomic E-state index is 12.2. The number of carbonyl (C=O) groups is 1. The lowest BCUT2D eigenvalue weighted by Crippen LogP contribution is -2.41. The van der Waals surface area contributed by atoms with E-state index in [1.54, 1.807) is 23.3 Å². The van der Waals surface area contributed by atoms with Crippen molar-refractivity contribution >= 4 is 27.1 Å². The van der Waals surface area contributed by atoms with Crippen molar-refractivity contribution in [1.82, 2.24) is 9.80 Å². The maximum Gasteiger partial charge on any atom is 0.236 e. The zero-order valence-corrected chi connectivity index (χ0v) is 14.3. The monoisotopic (exact) mass is 330 g/mol. The number of sulfone groups is 1. The molecule has 1 atom stereocenters. The minimum atomic E-state index is -2.91. The molecule has 0 N–H and O–H groups in total. The normalized spacial score (nSPS) is 20.9. The Bertz CT molecular complexity index is 609. The van der Waals surface area contributed by atoms with E-state index in [0.717, 1.165) is 0 Å². The molecule has 1 saturated heterocycles. The molecule has 118 valence electrons. The summed E-state index contributed by atoms with van der Waals surface area (Å²) in [5, 5.41) is 2.03. The fraction of sp³-hybridized carbons (Fsp3) is 0.643. The minimum Gasteiger partial charge on any atom is -0.339 e. The maximum absolute atomic E-state index is 12.2. The molecule has 5 nitrogen and oxygen atoms in total. The number of aryl methyl sites for hydroxylation is 1. The van der Waals surface area contributed by atoms with Gasteiger partial charge in [0.2, 0.25) is 5.91 Å². The fourth-order valence-corrected chi connectivity index (χ4v) is 5.22. The number of carbonyl (C=O) groups excluding carboxylic acids is 1. The van der Waals surface area contributed by atoms with Crippen LogP contribution in [0.25, 0.3) is 0 Å². The van der Waals surface area contributed by atoms with Gasteiger partial charge in [-0.15, -0.1) is 11.3 Å². The van der Waals surface area contributed by atoms with E-state index < -0.39 is 9.84 Å². The molecule has 1 aliphatic rings. The number of thiophene rings is 1. The summed E-state index contributed by atoms with van der Waals surface area (Å²) >= 11 is 1.65. The lowest BCUT2D eigenvalue weighted by Gasteiger charge is -2.25. The van der Waals surface area contributed by atoms with Crippen LogP contribution in [-0.2, 0) is 21.2 Å². The van der Waals surface area contributed by atoms with E-state index in [0.29, 0.717) is 13.0 Å². The highest BCUT2D eigenvalue weighted by molar-refractivity contribution is 7.91. The van der Waals surface area contributed by atoms with Crippen LogP contribution in [0.1, 0.15) is 16.9 Å². The van der Waals surface area contributed by atoms with Crippen molar-refractivity contribution in [3.05, 3.63) is 21.9 Å². The summed E-state index contributed by atoms with van der Waals surface area (Å²) in [7, 11) is 0.711. The second-order valence-electron chi connectivity index (χ2n) is 5.75. The highest BCUT2D eigenvalue weighted by atomic mass is 32.2. The van der Waals surface area contributed by atoms with Crippen molar-refractivity contribution in [3.63, 3.8) is 0 Å². The number of amides is 1. The SMILES string of the molecule is Cc1ccsc1CN(C)C(=O)CN(C)[C@H]1CCS(=O)(=O)C1. The molecule has 2 heterocycles. The van der Waals surface area contributed by atoms with Crippen molar-refractivity contribution in [2.45, 2.75) is 25.9 Å². The molecule has 0 unspecified atom stereocenters. The van der Waals surface area contributed by atoms with Gasteiger partial charge in [0.15, 0.2) is 9.84 Å². The summed E-state index contributed by atoms with van der Waals surface area (Å²) < 4.78 is 23.0. The molecule has 1 aliphatic heterocycles. The third kappa shape index (κ3) is 4.28. The minimum absolute atomic E-state index is 0.0228. The Labute approximate surface area is 130 Å². The van der Waals surface area contributed by atoms with Crippen molar-refractivity contribution in [2.24, 2.45) is 0 Å². The van der Waals surface area contributed by atoms with Gasteiger partial charge in [-0.2, -0.15) is 0 Å². The third-order valence-corrected chi connectivity index (χ3v) is 6.75. The summed E-state index contributed by atoms with van der Waals surface area (Å²) in [6.07, 6.45) is 0.625. The van der Waals surface area contributed by atoms with Crippen LogP contribution in [0.5, 0.6) is 0 Å². The lowest BCUT2D eigenvalue weighted by atomic mass is 10.2. The molecule has 0 aliphatic carbocycles. The quantitative estimate of drug-likeness (QED) is 0.812.